The Morgan fingerprint density at radius 3 is 2.48 bits per heavy atom. The number of fused-ring (bicyclic) bond motifs is 1. The summed E-state index contributed by atoms with van der Waals surface area (Å²) in [6.07, 6.45) is 1.31. The molecule has 0 aliphatic heterocycles. The lowest BCUT2D eigenvalue weighted by molar-refractivity contribution is 0.193. The summed E-state index contributed by atoms with van der Waals surface area (Å²) in [6.45, 7) is 4.00. The topological polar surface area (TPSA) is 89.1 Å². The predicted molar refractivity (Wildman–Crippen MR) is 102 cm³/mol. The number of phenolic OH excluding ortho intramolecular Hbond substituents is 1. The molecule has 0 radical (unpaired) electrons. The van der Waals surface area contributed by atoms with Crippen LogP contribution >= 0.6 is 0 Å². The second kappa shape index (κ2) is 8.03. The molecule has 0 bridgehead atoms. The smallest absolute Gasteiger partial charge is 0.383 e. The Morgan fingerprint density at radius 1 is 1.07 bits per heavy atom. The van der Waals surface area contributed by atoms with Crippen molar-refractivity contribution >= 4 is 11.0 Å². The molecule has 1 aromatic heterocycles. The molecule has 2 N–H and O–H groups in total. The van der Waals surface area contributed by atoms with Crippen LogP contribution in [0.25, 0.3) is 11.0 Å². The van der Waals surface area contributed by atoms with Gasteiger partial charge in [-0.2, -0.15) is 0 Å². The van der Waals surface area contributed by atoms with Crippen LogP contribution in [0.3, 0.4) is 0 Å². The molecular formula is C21H22O6. The highest BCUT2D eigenvalue weighted by molar-refractivity contribution is 5.89. The molecule has 6 heteroatoms. The fourth-order valence-electron chi connectivity index (χ4n) is 2.93. The van der Waals surface area contributed by atoms with Crippen LogP contribution in [0.1, 0.15) is 38.4 Å². The summed E-state index contributed by atoms with van der Waals surface area (Å²) < 4.78 is 16.7. The number of rotatable bonds is 7. The summed E-state index contributed by atoms with van der Waals surface area (Å²) >= 11 is 0. The van der Waals surface area contributed by atoms with Crippen molar-refractivity contribution in [1.82, 2.24) is 0 Å². The van der Waals surface area contributed by atoms with Crippen molar-refractivity contribution < 1.29 is 24.1 Å². The second-order valence-electron chi connectivity index (χ2n) is 6.12. The first-order valence-electron chi connectivity index (χ1n) is 8.92. The van der Waals surface area contributed by atoms with Gasteiger partial charge in [0.05, 0.1) is 12.0 Å². The summed E-state index contributed by atoms with van der Waals surface area (Å²) in [7, 11) is 0. The molecule has 0 aliphatic rings. The average molecular weight is 370 g/mol. The summed E-state index contributed by atoms with van der Waals surface area (Å²) in [5.41, 5.74) is 0.307. The van der Waals surface area contributed by atoms with Gasteiger partial charge in [-0.15, -0.1) is 0 Å². The molecule has 6 nitrogen and oxygen atoms in total. The fraction of sp³-hybridized carbons (Fsp3) is 0.286. The molecule has 3 rings (SSSR count). The van der Waals surface area contributed by atoms with Crippen molar-refractivity contribution in [2.75, 3.05) is 6.61 Å². The highest BCUT2D eigenvalue weighted by Crippen LogP contribution is 2.38. The van der Waals surface area contributed by atoms with E-state index in [0.717, 1.165) is 18.4 Å². The van der Waals surface area contributed by atoms with Gasteiger partial charge in [-0.1, -0.05) is 31.5 Å². The third kappa shape index (κ3) is 3.84. The van der Waals surface area contributed by atoms with Gasteiger partial charge in [0.15, 0.2) is 17.1 Å². The number of hydrogen-bond acceptors (Lipinski definition) is 6. The number of phenols is 1. The van der Waals surface area contributed by atoms with Gasteiger partial charge < -0.3 is 24.1 Å². The number of ether oxygens (including phenoxy) is 2. The molecule has 2 aromatic carbocycles. The Hall–Kier alpha value is -3.15. The van der Waals surface area contributed by atoms with Gasteiger partial charge in [0, 0.05) is 0 Å². The van der Waals surface area contributed by atoms with E-state index in [0.29, 0.717) is 11.1 Å². The van der Waals surface area contributed by atoms with E-state index < -0.39 is 5.63 Å². The fourth-order valence-corrected chi connectivity index (χ4v) is 2.93. The SMILES string of the molecule is CCCC(Oc1cccc2c(O)c(OCC)c(=O)oc12)c1ccc(O)cc1. The first-order chi connectivity index (χ1) is 13.0. The van der Waals surface area contributed by atoms with Crippen molar-refractivity contribution in [3.8, 4) is 23.0 Å². The van der Waals surface area contributed by atoms with Crippen LogP contribution in [0.15, 0.2) is 51.7 Å². The predicted octanol–water partition coefficient (Wildman–Crippen LogP) is 4.52. The molecular weight excluding hydrogens is 348 g/mol. The van der Waals surface area contributed by atoms with Gasteiger partial charge in [-0.05, 0) is 43.2 Å². The van der Waals surface area contributed by atoms with Crippen LogP contribution in [0.2, 0.25) is 0 Å². The Balaban J connectivity index is 2.05. The van der Waals surface area contributed by atoms with E-state index in [1.165, 1.54) is 0 Å². The van der Waals surface area contributed by atoms with Gasteiger partial charge >= 0.3 is 5.63 Å². The number of benzene rings is 2. The summed E-state index contributed by atoms with van der Waals surface area (Å²) in [4.78, 5) is 12.2. The Kier molecular flexibility index (Phi) is 5.54. The van der Waals surface area contributed by atoms with E-state index in [1.807, 2.05) is 6.92 Å². The zero-order chi connectivity index (χ0) is 19.4. The number of aromatic hydroxyl groups is 2. The first-order valence-corrected chi connectivity index (χ1v) is 8.92. The monoisotopic (exact) mass is 370 g/mol. The van der Waals surface area contributed by atoms with Gasteiger partial charge in [0.1, 0.15) is 11.9 Å². The molecule has 0 spiro atoms. The molecule has 0 fully saturated rings. The van der Waals surface area contributed by atoms with Crippen LogP contribution in [-0.2, 0) is 0 Å². The zero-order valence-electron chi connectivity index (χ0n) is 15.3. The van der Waals surface area contributed by atoms with Gasteiger partial charge in [-0.3, -0.25) is 0 Å². The maximum atomic E-state index is 12.2. The molecule has 1 heterocycles. The lowest BCUT2D eigenvalue weighted by atomic mass is 10.0. The minimum Gasteiger partial charge on any atom is -0.508 e. The van der Waals surface area contributed by atoms with Crippen molar-refractivity contribution in [1.29, 1.82) is 0 Å². The molecule has 0 saturated heterocycles. The highest BCUT2D eigenvalue weighted by atomic mass is 16.5. The molecule has 27 heavy (non-hydrogen) atoms. The third-order valence-corrected chi connectivity index (χ3v) is 4.20. The summed E-state index contributed by atoms with van der Waals surface area (Å²) in [5.74, 6) is 0.0732. The van der Waals surface area contributed by atoms with Crippen molar-refractivity contribution in [2.24, 2.45) is 0 Å². The van der Waals surface area contributed by atoms with Gasteiger partial charge in [0.2, 0.25) is 5.75 Å². The van der Waals surface area contributed by atoms with E-state index in [2.05, 4.69) is 0 Å². The lowest BCUT2D eigenvalue weighted by Crippen LogP contribution is -2.10. The number of hydrogen-bond donors (Lipinski definition) is 2. The first kappa shape index (κ1) is 18.6. The Morgan fingerprint density at radius 2 is 1.81 bits per heavy atom. The highest BCUT2D eigenvalue weighted by Gasteiger charge is 2.20. The minimum absolute atomic E-state index is 0.170. The van der Waals surface area contributed by atoms with E-state index in [1.54, 1.807) is 49.4 Å². The van der Waals surface area contributed by atoms with E-state index in [-0.39, 0.29) is 35.5 Å². The lowest BCUT2D eigenvalue weighted by Gasteiger charge is -2.20. The number of para-hydroxylation sites is 1. The second-order valence-corrected chi connectivity index (χ2v) is 6.12. The molecule has 0 aliphatic carbocycles. The van der Waals surface area contributed by atoms with Crippen molar-refractivity contribution in [3.63, 3.8) is 0 Å². The van der Waals surface area contributed by atoms with Gasteiger partial charge in [-0.25, -0.2) is 4.79 Å². The quantitative estimate of drug-likeness (QED) is 0.594. The summed E-state index contributed by atoms with van der Waals surface area (Å²) in [5, 5.41) is 20.2. The Bertz CT molecular complexity index is 974. The van der Waals surface area contributed by atoms with E-state index in [4.69, 9.17) is 13.9 Å². The maximum absolute atomic E-state index is 12.2. The van der Waals surface area contributed by atoms with Crippen LogP contribution < -0.4 is 15.1 Å². The maximum Gasteiger partial charge on any atom is 0.383 e. The molecule has 0 amide bonds. The molecule has 142 valence electrons. The van der Waals surface area contributed by atoms with Crippen LogP contribution in [0.4, 0.5) is 0 Å². The van der Waals surface area contributed by atoms with Crippen molar-refractivity contribution in [3.05, 3.63) is 58.4 Å². The van der Waals surface area contributed by atoms with E-state index in [9.17, 15) is 15.0 Å². The standard InChI is InChI=1S/C21H22O6/c1-3-6-16(13-9-11-14(22)12-10-13)26-17-8-5-7-15-18(23)20(25-4-2)21(24)27-19(15)17/h5,7-12,16,22-23H,3-4,6H2,1-2H3. The van der Waals surface area contributed by atoms with Crippen LogP contribution in [0, 0.1) is 0 Å². The molecule has 0 saturated carbocycles. The summed E-state index contributed by atoms with van der Waals surface area (Å²) in [6, 6.07) is 11.8. The van der Waals surface area contributed by atoms with Crippen LogP contribution in [-0.4, -0.2) is 16.8 Å². The van der Waals surface area contributed by atoms with Crippen molar-refractivity contribution in [2.45, 2.75) is 32.8 Å². The third-order valence-electron chi connectivity index (χ3n) is 4.20. The average Bonchev–Trinajstić information content (AvgIpc) is 2.66. The molecule has 1 unspecified atom stereocenters. The minimum atomic E-state index is -0.755. The van der Waals surface area contributed by atoms with E-state index >= 15 is 0 Å². The zero-order valence-corrected chi connectivity index (χ0v) is 15.3. The Labute approximate surface area is 156 Å². The molecule has 3 aromatic rings. The van der Waals surface area contributed by atoms with Crippen LogP contribution in [0.5, 0.6) is 23.0 Å². The molecule has 1 atom stereocenters. The largest absolute Gasteiger partial charge is 0.508 e. The normalized spacial score (nSPS) is 12.1. The van der Waals surface area contributed by atoms with Gasteiger partial charge in [0.25, 0.3) is 0 Å².